The van der Waals surface area contributed by atoms with E-state index in [2.05, 4.69) is 5.32 Å². The lowest BCUT2D eigenvalue weighted by molar-refractivity contribution is -0.385. The predicted molar refractivity (Wildman–Crippen MR) is 85.0 cm³/mol. The Hall–Kier alpha value is -2.69. The summed E-state index contributed by atoms with van der Waals surface area (Å²) < 4.78 is 0. The van der Waals surface area contributed by atoms with Gasteiger partial charge in [0.15, 0.2) is 0 Å². The van der Waals surface area contributed by atoms with Gasteiger partial charge in [0.05, 0.1) is 4.92 Å². The number of aryl methyl sites for hydroxylation is 1. The number of nitro groups is 1. The van der Waals surface area contributed by atoms with Crippen LogP contribution >= 0.6 is 0 Å². The van der Waals surface area contributed by atoms with Crippen LogP contribution in [0.2, 0.25) is 0 Å². The van der Waals surface area contributed by atoms with E-state index in [4.69, 9.17) is 0 Å². The van der Waals surface area contributed by atoms with Crippen molar-refractivity contribution in [2.75, 3.05) is 6.54 Å². The monoisotopic (exact) mass is 298 g/mol. The van der Waals surface area contributed by atoms with Crippen molar-refractivity contribution in [2.24, 2.45) is 0 Å². The quantitative estimate of drug-likeness (QED) is 0.679. The maximum Gasteiger partial charge on any atom is 0.285 e. The van der Waals surface area contributed by atoms with Crippen LogP contribution in [0.5, 0.6) is 0 Å². The normalized spacial score (nSPS) is 11.7. The molecule has 0 unspecified atom stereocenters. The smallest absolute Gasteiger partial charge is 0.285 e. The van der Waals surface area contributed by atoms with Crippen LogP contribution in [0.1, 0.15) is 34.3 Å². The number of amides is 1. The van der Waals surface area contributed by atoms with Gasteiger partial charge in [0, 0.05) is 12.1 Å². The minimum Gasteiger partial charge on any atom is -0.351 e. The number of carbonyl (C=O) groups excluding carboxylic acids is 1. The summed E-state index contributed by atoms with van der Waals surface area (Å²) in [6.07, 6.45) is 0. The highest BCUT2D eigenvalue weighted by molar-refractivity contribution is 5.98. The molecule has 5 heteroatoms. The summed E-state index contributed by atoms with van der Waals surface area (Å²) in [5, 5.41) is 13.9. The highest BCUT2D eigenvalue weighted by atomic mass is 16.6. The number of nitro benzene ring substituents is 1. The number of hydrogen-bond donors (Lipinski definition) is 1. The Kier molecular flexibility index (Phi) is 4.88. The van der Waals surface area contributed by atoms with Gasteiger partial charge in [-0.25, -0.2) is 0 Å². The van der Waals surface area contributed by atoms with Gasteiger partial charge in [-0.05, 0) is 24.5 Å². The molecule has 2 aromatic rings. The van der Waals surface area contributed by atoms with E-state index < -0.39 is 10.8 Å². The van der Waals surface area contributed by atoms with Crippen LogP contribution in [0, 0.1) is 17.0 Å². The average Bonchev–Trinajstić information content (AvgIpc) is 2.52. The Morgan fingerprint density at radius 3 is 2.50 bits per heavy atom. The van der Waals surface area contributed by atoms with Gasteiger partial charge in [0.25, 0.3) is 11.6 Å². The number of rotatable bonds is 5. The van der Waals surface area contributed by atoms with E-state index in [-0.39, 0.29) is 17.2 Å². The molecule has 0 aliphatic carbocycles. The zero-order valence-electron chi connectivity index (χ0n) is 12.6. The van der Waals surface area contributed by atoms with Gasteiger partial charge in [0.1, 0.15) is 5.56 Å². The molecular formula is C17H18N2O3. The van der Waals surface area contributed by atoms with Crippen molar-refractivity contribution in [3.63, 3.8) is 0 Å². The molecule has 0 saturated heterocycles. The Balaban J connectivity index is 2.11. The maximum absolute atomic E-state index is 12.2. The molecule has 1 amide bonds. The van der Waals surface area contributed by atoms with E-state index in [1.807, 2.05) is 37.3 Å². The van der Waals surface area contributed by atoms with E-state index in [1.54, 1.807) is 19.1 Å². The van der Waals surface area contributed by atoms with Crippen molar-refractivity contribution in [1.29, 1.82) is 0 Å². The molecule has 0 fully saturated rings. The largest absolute Gasteiger partial charge is 0.351 e. The zero-order valence-corrected chi connectivity index (χ0v) is 12.6. The molecule has 1 atom stereocenters. The molecule has 0 spiro atoms. The molecule has 0 saturated carbocycles. The fraction of sp³-hybridized carbons (Fsp3) is 0.235. The second-order valence-corrected chi connectivity index (χ2v) is 5.25. The second kappa shape index (κ2) is 6.85. The molecule has 22 heavy (non-hydrogen) atoms. The summed E-state index contributed by atoms with van der Waals surface area (Å²) in [7, 11) is 0. The number of para-hydroxylation sites is 1. The second-order valence-electron chi connectivity index (χ2n) is 5.25. The minimum atomic E-state index is -0.509. The number of nitrogens with one attached hydrogen (secondary N) is 1. The first-order valence-corrected chi connectivity index (χ1v) is 7.08. The molecule has 2 rings (SSSR count). The van der Waals surface area contributed by atoms with Crippen molar-refractivity contribution in [1.82, 2.24) is 5.32 Å². The summed E-state index contributed by atoms with van der Waals surface area (Å²) in [6.45, 7) is 4.05. The van der Waals surface area contributed by atoms with Crippen LogP contribution in [-0.2, 0) is 0 Å². The van der Waals surface area contributed by atoms with Gasteiger partial charge >= 0.3 is 0 Å². The van der Waals surface area contributed by atoms with Crippen LogP contribution in [0.4, 0.5) is 5.69 Å². The van der Waals surface area contributed by atoms with Gasteiger partial charge in [-0.2, -0.15) is 0 Å². The van der Waals surface area contributed by atoms with E-state index >= 15 is 0 Å². The Morgan fingerprint density at radius 1 is 1.18 bits per heavy atom. The standard InChI is InChI=1S/C17H18N2O3/c1-12-7-6-10-15(16(12)19(21)22)17(20)18-11-13(2)14-8-4-3-5-9-14/h3-10,13H,11H2,1-2H3,(H,18,20)/t13-/m0/s1. The Bertz CT molecular complexity index is 684. The molecule has 114 valence electrons. The van der Waals surface area contributed by atoms with Crippen molar-refractivity contribution >= 4 is 11.6 Å². The molecule has 0 bridgehead atoms. The lowest BCUT2D eigenvalue weighted by atomic mass is 10.0. The lowest BCUT2D eigenvalue weighted by Crippen LogP contribution is -2.28. The molecule has 0 heterocycles. The molecule has 0 aromatic heterocycles. The van der Waals surface area contributed by atoms with E-state index in [0.29, 0.717) is 12.1 Å². The van der Waals surface area contributed by atoms with E-state index in [1.165, 1.54) is 6.07 Å². The summed E-state index contributed by atoms with van der Waals surface area (Å²) in [4.78, 5) is 22.9. The summed E-state index contributed by atoms with van der Waals surface area (Å²) in [5.74, 6) is -0.285. The third-order valence-corrected chi connectivity index (χ3v) is 3.60. The number of benzene rings is 2. The molecule has 5 nitrogen and oxygen atoms in total. The molecule has 1 N–H and O–H groups in total. The first kappa shape index (κ1) is 15.7. The minimum absolute atomic E-state index is 0.102. The predicted octanol–water partition coefficient (Wildman–Crippen LogP) is 3.44. The van der Waals surface area contributed by atoms with E-state index in [9.17, 15) is 14.9 Å². The molecule has 0 aliphatic rings. The molecular weight excluding hydrogens is 280 g/mol. The molecule has 0 aliphatic heterocycles. The summed E-state index contributed by atoms with van der Waals surface area (Å²) in [5.41, 5.74) is 1.56. The Morgan fingerprint density at radius 2 is 1.86 bits per heavy atom. The summed E-state index contributed by atoms with van der Waals surface area (Å²) >= 11 is 0. The van der Waals surface area contributed by atoms with Crippen LogP contribution in [0.15, 0.2) is 48.5 Å². The van der Waals surface area contributed by atoms with Crippen LogP contribution in [0.3, 0.4) is 0 Å². The van der Waals surface area contributed by atoms with Crippen LogP contribution < -0.4 is 5.32 Å². The van der Waals surface area contributed by atoms with Crippen LogP contribution in [0.25, 0.3) is 0 Å². The van der Waals surface area contributed by atoms with Crippen LogP contribution in [-0.4, -0.2) is 17.4 Å². The number of hydrogen-bond acceptors (Lipinski definition) is 3. The first-order chi connectivity index (χ1) is 10.5. The fourth-order valence-corrected chi connectivity index (χ4v) is 2.32. The molecule has 2 aromatic carbocycles. The third kappa shape index (κ3) is 3.49. The zero-order chi connectivity index (χ0) is 16.1. The maximum atomic E-state index is 12.2. The summed E-state index contributed by atoms with van der Waals surface area (Å²) in [6, 6.07) is 14.6. The van der Waals surface area contributed by atoms with Gasteiger partial charge < -0.3 is 5.32 Å². The fourth-order valence-electron chi connectivity index (χ4n) is 2.32. The van der Waals surface area contributed by atoms with Gasteiger partial charge in [0.2, 0.25) is 0 Å². The topological polar surface area (TPSA) is 72.2 Å². The third-order valence-electron chi connectivity index (χ3n) is 3.60. The van der Waals surface area contributed by atoms with Gasteiger partial charge in [-0.3, -0.25) is 14.9 Å². The van der Waals surface area contributed by atoms with Crippen molar-refractivity contribution in [3.05, 3.63) is 75.3 Å². The van der Waals surface area contributed by atoms with Gasteiger partial charge in [-0.15, -0.1) is 0 Å². The van der Waals surface area contributed by atoms with Crippen molar-refractivity contribution in [3.8, 4) is 0 Å². The highest BCUT2D eigenvalue weighted by Gasteiger charge is 2.22. The van der Waals surface area contributed by atoms with E-state index in [0.717, 1.165) is 5.56 Å². The lowest BCUT2D eigenvalue weighted by Gasteiger charge is -2.13. The number of nitrogens with zero attached hydrogens (tertiary/aromatic N) is 1. The SMILES string of the molecule is Cc1cccc(C(=O)NC[C@H](C)c2ccccc2)c1[N+](=O)[O-]. The van der Waals surface area contributed by atoms with Crippen molar-refractivity contribution in [2.45, 2.75) is 19.8 Å². The highest BCUT2D eigenvalue weighted by Crippen LogP contribution is 2.23. The Labute approximate surface area is 129 Å². The van der Waals surface area contributed by atoms with Gasteiger partial charge in [-0.1, -0.05) is 49.4 Å². The first-order valence-electron chi connectivity index (χ1n) is 7.08. The van der Waals surface area contributed by atoms with Crippen molar-refractivity contribution < 1.29 is 9.72 Å². The molecule has 0 radical (unpaired) electrons. The number of carbonyl (C=O) groups is 1. The average molecular weight is 298 g/mol.